The Hall–Kier alpha value is -1.32. The molecule has 0 atom stereocenters. The molecular weight excluding hydrogens is 448 g/mol. The van der Waals surface area contributed by atoms with Crippen LogP contribution in [0.3, 0.4) is 0 Å². The maximum absolute atomic E-state index is 15.2. The molecule has 0 spiro atoms. The number of rotatable bonds is 8. The molecule has 1 aromatic rings. The van der Waals surface area contributed by atoms with E-state index in [4.69, 9.17) is 0 Å². The van der Waals surface area contributed by atoms with E-state index in [-0.39, 0.29) is 30.0 Å². The predicted octanol–water partition coefficient (Wildman–Crippen LogP) is 10.3. The number of halogens is 4. The van der Waals surface area contributed by atoms with Crippen LogP contribution >= 0.6 is 0 Å². The molecule has 0 aliphatic heterocycles. The fourth-order valence-electron chi connectivity index (χ4n) is 7.49. The van der Waals surface area contributed by atoms with Gasteiger partial charge in [0.05, 0.1) is 12.5 Å². The van der Waals surface area contributed by atoms with Crippen molar-refractivity contribution in [3.05, 3.63) is 46.8 Å². The first kappa shape index (κ1) is 26.7. The van der Waals surface area contributed by atoms with Crippen LogP contribution in [0, 0.1) is 35.3 Å². The van der Waals surface area contributed by atoms with Crippen molar-refractivity contribution < 1.29 is 17.6 Å². The Labute approximate surface area is 210 Å². The van der Waals surface area contributed by atoms with Crippen molar-refractivity contribution in [3.63, 3.8) is 0 Å². The van der Waals surface area contributed by atoms with E-state index in [9.17, 15) is 8.78 Å². The van der Waals surface area contributed by atoms with Gasteiger partial charge in [-0.05, 0) is 130 Å². The Morgan fingerprint density at radius 2 is 1.26 bits per heavy atom. The predicted molar refractivity (Wildman–Crippen MR) is 136 cm³/mol. The molecule has 0 heterocycles. The van der Waals surface area contributed by atoms with E-state index in [1.54, 1.807) is 6.08 Å². The number of hydrogen-bond acceptors (Lipinski definition) is 0. The van der Waals surface area contributed by atoms with Crippen LogP contribution < -0.4 is 0 Å². The van der Waals surface area contributed by atoms with Crippen LogP contribution in [0.25, 0.3) is 0 Å². The highest BCUT2D eigenvalue weighted by atomic mass is 19.2. The Bertz CT molecular complexity index is 823. The number of hydrogen-bond donors (Lipinski definition) is 0. The molecule has 0 bridgehead atoms. The summed E-state index contributed by atoms with van der Waals surface area (Å²) in [6.45, 7) is 1.59. The maximum atomic E-state index is 15.2. The second-order valence-corrected chi connectivity index (χ2v) is 11.7. The van der Waals surface area contributed by atoms with Crippen LogP contribution in [0.2, 0.25) is 0 Å². The summed E-state index contributed by atoms with van der Waals surface area (Å²) in [4.78, 5) is 0. The lowest BCUT2D eigenvalue weighted by molar-refractivity contribution is 0.170. The van der Waals surface area contributed by atoms with E-state index >= 15 is 8.78 Å². The van der Waals surface area contributed by atoms with Crippen molar-refractivity contribution in [3.8, 4) is 0 Å². The Morgan fingerprint density at radius 1 is 0.771 bits per heavy atom. The molecule has 0 aromatic heterocycles. The summed E-state index contributed by atoms with van der Waals surface area (Å²) in [5.41, 5.74) is 1.19. The van der Waals surface area contributed by atoms with Crippen LogP contribution in [-0.2, 0) is 0 Å². The molecule has 1 aromatic carbocycles. The number of alkyl halides is 1. The molecule has 4 rings (SSSR count). The largest absolute Gasteiger partial charge is 0.251 e. The lowest BCUT2D eigenvalue weighted by atomic mass is 9.68. The average molecular weight is 493 g/mol. The summed E-state index contributed by atoms with van der Waals surface area (Å²) < 4.78 is 56.3. The molecule has 35 heavy (non-hydrogen) atoms. The third kappa shape index (κ3) is 6.72. The molecule has 0 radical (unpaired) electrons. The topological polar surface area (TPSA) is 0 Å². The molecule has 3 fully saturated rings. The highest BCUT2D eigenvalue weighted by molar-refractivity contribution is 5.32. The first-order valence-corrected chi connectivity index (χ1v) is 14.4. The highest BCUT2D eigenvalue weighted by Gasteiger charge is 2.33. The second kappa shape index (κ2) is 12.8. The first-order chi connectivity index (χ1) is 17.0. The fourth-order valence-corrected chi connectivity index (χ4v) is 7.49. The van der Waals surface area contributed by atoms with E-state index in [0.717, 1.165) is 83.0 Å². The van der Waals surface area contributed by atoms with Gasteiger partial charge in [0.15, 0.2) is 11.6 Å². The molecule has 0 nitrogen and oxygen atoms in total. The van der Waals surface area contributed by atoms with E-state index in [1.807, 2.05) is 12.1 Å². The van der Waals surface area contributed by atoms with E-state index in [0.29, 0.717) is 23.0 Å². The number of allylic oxidation sites excluding steroid dienone is 2. The minimum atomic E-state index is -0.631. The van der Waals surface area contributed by atoms with Gasteiger partial charge < -0.3 is 0 Å². The standard InChI is InChI=1S/C31H44F4/c1-2-3-21-4-10-25(11-5-21)28-16-17-29(31(35)30(28)34)26-14-12-24(13-15-26)23-8-6-22(7-9-23)20-27(33)18-19-32/h16-17,20-26H,2-15,18-19H2,1H3. The van der Waals surface area contributed by atoms with Crippen molar-refractivity contribution in [2.75, 3.05) is 6.67 Å². The van der Waals surface area contributed by atoms with Crippen molar-refractivity contribution >= 4 is 0 Å². The molecule has 196 valence electrons. The van der Waals surface area contributed by atoms with Gasteiger partial charge in [-0.1, -0.05) is 31.9 Å². The van der Waals surface area contributed by atoms with Gasteiger partial charge in [0.2, 0.25) is 0 Å². The zero-order valence-corrected chi connectivity index (χ0v) is 21.5. The summed E-state index contributed by atoms with van der Waals surface area (Å²) in [6, 6.07) is 3.78. The number of benzene rings is 1. The van der Waals surface area contributed by atoms with Gasteiger partial charge in [-0.25, -0.2) is 13.2 Å². The minimum Gasteiger partial charge on any atom is -0.251 e. The fraction of sp³-hybridized carbons (Fsp3) is 0.742. The summed E-state index contributed by atoms with van der Waals surface area (Å²) >= 11 is 0. The van der Waals surface area contributed by atoms with E-state index in [1.165, 1.54) is 12.8 Å². The maximum Gasteiger partial charge on any atom is 0.162 e. The summed E-state index contributed by atoms with van der Waals surface area (Å²) in [5, 5.41) is 0. The van der Waals surface area contributed by atoms with Gasteiger partial charge in [-0.15, -0.1) is 0 Å². The molecule has 0 unspecified atom stereocenters. The zero-order valence-electron chi connectivity index (χ0n) is 21.5. The van der Waals surface area contributed by atoms with E-state index < -0.39 is 18.3 Å². The van der Waals surface area contributed by atoms with Gasteiger partial charge in [-0.2, -0.15) is 0 Å². The third-order valence-electron chi connectivity index (χ3n) is 9.57. The van der Waals surface area contributed by atoms with Crippen LogP contribution in [0.15, 0.2) is 24.0 Å². The van der Waals surface area contributed by atoms with Crippen LogP contribution in [-0.4, -0.2) is 6.67 Å². The molecule has 3 aliphatic carbocycles. The van der Waals surface area contributed by atoms with Gasteiger partial charge in [-0.3, -0.25) is 4.39 Å². The first-order valence-electron chi connectivity index (χ1n) is 14.4. The minimum absolute atomic E-state index is 0.0951. The van der Waals surface area contributed by atoms with Crippen LogP contribution in [0.4, 0.5) is 17.6 Å². The molecule has 0 amide bonds. The van der Waals surface area contributed by atoms with Crippen molar-refractivity contribution in [2.45, 2.75) is 115 Å². The normalized spacial score (nSPS) is 32.5. The van der Waals surface area contributed by atoms with E-state index in [2.05, 4.69) is 6.92 Å². The third-order valence-corrected chi connectivity index (χ3v) is 9.57. The Morgan fingerprint density at radius 3 is 1.74 bits per heavy atom. The van der Waals surface area contributed by atoms with Gasteiger partial charge >= 0.3 is 0 Å². The zero-order chi connectivity index (χ0) is 24.8. The van der Waals surface area contributed by atoms with Gasteiger partial charge in [0.25, 0.3) is 0 Å². The Balaban J connectivity index is 1.29. The van der Waals surface area contributed by atoms with Crippen LogP contribution in [0.5, 0.6) is 0 Å². The molecule has 0 N–H and O–H groups in total. The lowest BCUT2D eigenvalue weighted by Gasteiger charge is -2.37. The quantitative estimate of drug-likeness (QED) is 0.317. The van der Waals surface area contributed by atoms with Gasteiger partial charge in [0, 0.05) is 6.42 Å². The average Bonchev–Trinajstić information content (AvgIpc) is 2.87. The summed E-state index contributed by atoms with van der Waals surface area (Å²) in [7, 11) is 0. The Kier molecular flexibility index (Phi) is 9.75. The molecule has 3 saturated carbocycles. The van der Waals surface area contributed by atoms with Crippen LogP contribution in [0.1, 0.15) is 126 Å². The molecular formula is C31H44F4. The van der Waals surface area contributed by atoms with Gasteiger partial charge in [0.1, 0.15) is 0 Å². The smallest absolute Gasteiger partial charge is 0.162 e. The lowest BCUT2D eigenvalue weighted by Crippen LogP contribution is -2.25. The summed E-state index contributed by atoms with van der Waals surface area (Å²) in [5.74, 6) is 1.08. The summed E-state index contributed by atoms with van der Waals surface area (Å²) in [6.07, 6.45) is 16.4. The second-order valence-electron chi connectivity index (χ2n) is 11.7. The molecule has 0 saturated heterocycles. The van der Waals surface area contributed by atoms with Crippen molar-refractivity contribution in [1.29, 1.82) is 0 Å². The van der Waals surface area contributed by atoms with Crippen molar-refractivity contribution in [2.24, 2.45) is 23.7 Å². The molecule has 4 heteroatoms. The SMILES string of the molecule is CCCC1CCC(c2ccc(C3CCC(C4CCC(C=C(F)CCF)CC4)CC3)c(F)c2F)CC1. The highest BCUT2D eigenvalue weighted by Crippen LogP contribution is 2.46. The van der Waals surface area contributed by atoms with Crippen molar-refractivity contribution in [1.82, 2.24) is 0 Å². The molecule has 3 aliphatic rings. The monoisotopic (exact) mass is 492 g/mol.